The standard InChI is InChI=1S/C30H36FN3O6S/c1-6-17-32-30(36)22(3)33(19-23-9-7-21(2)8-10-23)29(35)20-34(25-13-11-24(31)12-14-25)41(37,38)26-15-16-27(39-4)28(18-26)40-5/h7-16,18,22H,6,17,19-20H2,1-5H3,(H,32,36). The second kappa shape index (κ2) is 14.0. The molecule has 3 aromatic carbocycles. The molecule has 3 rings (SSSR count). The van der Waals surface area contributed by atoms with Crippen LogP contribution in [0.15, 0.2) is 71.6 Å². The van der Waals surface area contributed by atoms with E-state index in [9.17, 15) is 22.4 Å². The van der Waals surface area contributed by atoms with Crippen molar-refractivity contribution in [2.75, 3.05) is 31.6 Å². The summed E-state index contributed by atoms with van der Waals surface area (Å²) in [5.41, 5.74) is 1.88. The number of methoxy groups -OCH3 is 2. The maximum atomic E-state index is 14.0. The zero-order chi connectivity index (χ0) is 30.2. The smallest absolute Gasteiger partial charge is 0.264 e. The van der Waals surface area contributed by atoms with Gasteiger partial charge in [-0.1, -0.05) is 36.8 Å². The Kier molecular flexibility index (Phi) is 10.7. The predicted octanol–water partition coefficient (Wildman–Crippen LogP) is 4.29. The quantitative estimate of drug-likeness (QED) is 0.321. The SMILES string of the molecule is CCCNC(=O)C(C)N(Cc1ccc(C)cc1)C(=O)CN(c1ccc(F)cc1)S(=O)(=O)c1ccc(OC)c(OC)c1. The van der Waals surface area contributed by atoms with Crippen LogP contribution in [0.2, 0.25) is 0 Å². The lowest BCUT2D eigenvalue weighted by molar-refractivity contribution is -0.139. The van der Waals surface area contributed by atoms with Gasteiger partial charge in [0.2, 0.25) is 11.8 Å². The van der Waals surface area contributed by atoms with E-state index in [1.54, 1.807) is 6.92 Å². The van der Waals surface area contributed by atoms with E-state index >= 15 is 0 Å². The minimum absolute atomic E-state index is 0.0768. The summed E-state index contributed by atoms with van der Waals surface area (Å²) in [4.78, 5) is 28.0. The molecule has 0 aromatic heterocycles. The van der Waals surface area contributed by atoms with Crippen molar-refractivity contribution in [3.8, 4) is 11.5 Å². The summed E-state index contributed by atoms with van der Waals surface area (Å²) < 4.78 is 53.1. The third-order valence-corrected chi connectivity index (χ3v) is 8.30. The van der Waals surface area contributed by atoms with E-state index in [-0.39, 0.29) is 28.8 Å². The van der Waals surface area contributed by atoms with Crippen molar-refractivity contribution in [2.45, 2.75) is 44.7 Å². The summed E-state index contributed by atoms with van der Waals surface area (Å²) in [5.74, 6) is -1.03. The number of benzene rings is 3. The molecule has 0 saturated carbocycles. The topological polar surface area (TPSA) is 105 Å². The first-order valence-corrected chi connectivity index (χ1v) is 14.6. The number of aryl methyl sites for hydroxylation is 1. The number of carbonyl (C=O) groups excluding carboxylic acids is 2. The van der Waals surface area contributed by atoms with Gasteiger partial charge in [-0.05, 0) is 62.2 Å². The molecule has 3 aromatic rings. The Morgan fingerprint density at radius 2 is 1.59 bits per heavy atom. The van der Waals surface area contributed by atoms with Gasteiger partial charge < -0.3 is 19.7 Å². The minimum atomic E-state index is -4.36. The van der Waals surface area contributed by atoms with Crippen LogP contribution in [0, 0.1) is 12.7 Å². The number of anilines is 1. The summed E-state index contributed by atoms with van der Waals surface area (Å²) in [6, 6.07) is 15.5. The second-order valence-corrected chi connectivity index (χ2v) is 11.3. The lowest BCUT2D eigenvalue weighted by atomic mass is 10.1. The molecule has 0 aliphatic heterocycles. The lowest BCUT2D eigenvalue weighted by Gasteiger charge is -2.32. The van der Waals surface area contributed by atoms with Gasteiger partial charge in [0.25, 0.3) is 10.0 Å². The van der Waals surface area contributed by atoms with E-state index in [0.717, 1.165) is 27.6 Å². The number of carbonyl (C=O) groups is 2. The van der Waals surface area contributed by atoms with Crippen LogP contribution >= 0.6 is 0 Å². The number of hydrogen-bond donors (Lipinski definition) is 1. The van der Waals surface area contributed by atoms with Crippen LogP contribution in [-0.2, 0) is 26.2 Å². The first-order valence-electron chi connectivity index (χ1n) is 13.1. The Morgan fingerprint density at radius 3 is 2.17 bits per heavy atom. The highest BCUT2D eigenvalue weighted by Crippen LogP contribution is 2.32. The number of rotatable bonds is 13. The number of hydrogen-bond acceptors (Lipinski definition) is 6. The molecular formula is C30H36FN3O6S. The molecule has 0 bridgehead atoms. The maximum Gasteiger partial charge on any atom is 0.264 e. The molecule has 0 saturated heterocycles. The molecule has 2 amide bonds. The Labute approximate surface area is 240 Å². The monoisotopic (exact) mass is 585 g/mol. The molecule has 1 unspecified atom stereocenters. The molecule has 0 fully saturated rings. The van der Waals surface area contributed by atoms with Crippen LogP contribution in [0.25, 0.3) is 0 Å². The third kappa shape index (κ3) is 7.75. The number of nitrogens with zero attached hydrogens (tertiary/aromatic N) is 2. The fourth-order valence-corrected chi connectivity index (χ4v) is 5.54. The Hall–Kier alpha value is -4.12. The normalized spacial score (nSPS) is 11.9. The van der Waals surface area contributed by atoms with E-state index in [1.807, 2.05) is 38.1 Å². The number of nitrogens with one attached hydrogen (secondary N) is 1. The van der Waals surface area contributed by atoms with Crippen LogP contribution in [0.3, 0.4) is 0 Å². The zero-order valence-electron chi connectivity index (χ0n) is 23.9. The van der Waals surface area contributed by atoms with Crippen LogP contribution in [0.1, 0.15) is 31.4 Å². The molecular weight excluding hydrogens is 549 g/mol. The summed E-state index contributed by atoms with van der Waals surface area (Å²) in [7, 11) is -1.56. The van der Waals surface area contributed by atoms with Gasteiger partial charge in [-0.2, -0.15) is 0 Å². The molecule has 1 N–H and O–H groups in total. The number of sulfonamides is 1. The summed E-state index contributed by atoms with van der Waals surface area (Å²) in [6.45, 7) is 5.33. The van der Waals surface area contributed by atoms with Crippen molar-refractivity contribution in [2.24, 2.45) is 0 Å². The average Bonchev–Trinajstić information content (AvgIpc) is 2.97. The lowest BCUT2D eigenvalue weighted by Crippen LogP contribution is -2.51. The maximum absolute atomic E-state index is 14.0. The minimum Gasteiger partial charge on any atom is -0.493 e. The van der Waals surface area contributed by atoms with Crippen LogP contribution in [0.4, 0.5) is 10.1 Å². The Bertz CT molecular complexity index is 1450. The van der Waals surface area contributed by atoms with Crippen molar-refractivity contribution >= 4 is 27.5 Å². The Morgan fingerprint density at radius 1 is 0.951 bits per heavy atom. The van der Waals surface area contributed by atoms with Gasteiger partial charge in [0.15, 0.2) is 11.5 Å². The van der Waals surface area contributed by atoms with Crippen LogP contribution in [-0.4, -0.2) is 58.5 Å². The summed E-state index contributed by atoms with van der Waals surface area (Å²) in [6.07, 6.45) is 0.715. The van der Waals surface area contributed by atoms with Gasteiger partial charge in [0, 0.05) is 19.2 Å². The molecule has 0 spiro atoms. The molecule has 11 heteroatoms. The predicted molar refractivity (Wildman–Crippen MR) is 155 cm³/mol. The second-order valence-electron chi connectivity index (χ2n) is 9.48. The van der Waals surface area contributed by atoms with Gasteiger partial charge in [-0.3, -0.25) is 13.9 Å². The highest BCUT2D eigenvalue weighted by molar-refractivity contribution is 7.92. The van der Waals surface area contributed by atoms with E-state index in [1.165, 1.54) is 49.5 Å². The molecule has 0 aliphatic rings. The van der Waals surface area contributed by atoms with Crippen LogP contribution in [0.5, 0.6) is 11.5 Å². The van der Waals surface area contributed by atoms with Gasteiger partial charge in [0.1, 0.15) is 18.4 Å². The molecule has 1 atom stereocenters. The van der Waals surface area contributed by atoms with E-state index in [0.29, 0.717) is 18.7 Å². The van der Waals surface area contributed by atoms with E-state index in [2.05, 4.69) is 5.32 Å². The van der Waals surface area contributed by atoms with Crippen molar-refractivity contribution in [3.63, 3.8) is 0 Å². The fraction of sp³-hybridized carbons (Fsp3) is 0.333. The van der Waals surface area contributed by atoms with Gasteiger partial charge in [-0.25, -0.2) is 12.8 Å². The van der Waals surface area contributed by atoms with Gasteiger partial charge in [0.05, 0.1) is 24.8 Å². The van der Waals surface area contributed by atoms with Crippen molar-refractivity contribution < 1.29 is 31.9 Å². The van der Waals surface area contributed by atoms with Crippen LogP contribution < -0.4 is 19.1 Å². The molecule has 0 aliphatic carbocycles. The number of amides is 2. The largest absolute Gasteiger partial charge is 0.493 e. The summed E-state index contributed by atoms with van der Waals surface area (Å²) >= 11 is 0. The third-order valence-electron chi connectivity index (χ3n) is 6.53. The number of halogens is 1. The molecule has 41 heavy (non-hydrogen) atoms. The zero-order valence-corrected chi connectivity index (χ0v) is 24.7. The van der Waals surface area contributed by atoms with Gasteiger partial charge in [-0.15, -0.1) is 0 Å². The highest BCUT2D eigenvalue weighted by atomic mass is 32.2. The molecule has 0 heterocycles. The molecule has 0 radical (unpaired) electrons. The first-order chi connectivity index (χ1) is 19.5. The van der Waals surface area contributed by atoms with E-state index in [4.69, 9.17) is 9.47 Å². The van der Waals surface area contributed by atoms with E-state index < -0.39 is 34.3 Å². The highest BCUT2D eigenvalue weighted by Gasteiger charge is 2.33. The van der Waals surface area contributed by atoms with Crippen molar-refractivity contribution in [1.82, 2.24) is 10.2 Å². The molecule has 9 nitrogen and oxygen atoms in total. The molecule has 220 valence electrons. The average molecular weight is 586 g/mol. The van der Waals surface area contributed by atoms with Crippen molar-refractivity contribution in [1.29, 1.82) is 0 Å². The number of ether oxygens (including phenoxy) is 2. The fourth-order valence-electron chi connectivity index (χ4n) is 4.11. The Balaban J connectivity index is 2.05. The van der Waals surface area contributed by atoms with Crippen molar-refractivity contribution in [3.05, 3.63) is 83.7 Å². The summed E-state index contributed by atoms with van der Waals surface area (Å²) in [5, 5.41) is 2.80. The van der Waals surface area contributed by atoms with Gasteiger partial charge >= 0.3 is 0 Å². The first kappa shape index (κ1) is 31.4.